The third-order valence-corrected chi connectivity index (χ3v) is 3.98. The molecule has 0 aromatic carbocycles. The van der Waals surface area contributed by atoms with Gasteiger partial charge in [-0.05, 0) is 24.7 Å². The molecule has 1 aliphatic carbocycles. The molecule has 1 saturated heterocycles. The van der Waals surface area contributed by atoms with Gasteiger partial charge in [0.05, 0.1) is 0 Å². The van der Waals surface area contributed by atoms with Gasteiger partial charge < -0.3 is 4.90 Å². The molecule has 0 amide bonds. The fourth-order valence-electron chi connectivity index (χ4n) is 3.08. The second-order valence-corrected chi connectivity index (χ2v) is 5.48. The number of Topliss-reactive ketones (excluding diaryl/α,β-unsaturated/α-hetero) is 1. The summed E-state index contributed by atoms with van der Waals surface area (Å²) in [4.78, 5) is 13.6. The Morgan fingerprint density at radius 1 is 1.27 bits per heavy atom. The van der Waals surface area contributed by atoms with Gasteiger partial charge in [0, 0.05) is 32.5 Å². The molecule has 1 aliphatic heterocycles. The third-order valence-electron chi connectivity index (χ3n) is 3.98. The summed E-state index contributed by atoms with van der Waals surface area (Å²) in [6, 6.07) is 0. The van der Waals surface area contributed by atoms with Gasteiger partial charge >= 0.3 is 0 Å². The molecule has 2 rings (SSSR count). The Morgan fingerprint density at radius 2 is 2.00 bits per heavy atom. The van der Waals surface area contributed by atoms with Crippen molar-refractivity contribution in [3.63, 3.8) is 0 Å². The van der Waals surface area contributed by atoms with Crippen LogP contribution in [0.4, 0.5) is 0 Å². The average molecular weight is 209 g/mol. The average Bonchev–Trinajstić information content (AvgIpc) is 2.22. The first-order valence-electron chi connectivity index (χ1n) is 6.48. The van der Waals surface area contributed by atoms with E-state index < -0.39 is 0 Å². The molecular formula is C13H23NO. The van der Waals surface area contributed by atoms with Crippen LogP contribution in [0, 0.1) is 11.8 Å². The van der Waals surface area contributed by atoms with Crippen molar-refractivity contribution in [3.8, 4) is 0 Å². The van der Waals surface area contributed by atoms with Crippen LogP contribution in [0.3, 0.4) is 0 Å². The third kappa shape index (κ3) is 3.30. The lowest BCUT2D eigenvalue weighted by Gasteiger charge is -2.33. The first-order valence-corrected chi connectivity index (χ1v) is 6.48. The van der Waals surface area contributed by atoms with Crippen LogP contribution in [0.25, 0.3) is 0 Å². The molecule has 0 N–H and O–H groups in total. The zero-order valence-corrected chi connectivity index (χ0v) is 9.87. The maximum atomic E-state index is 11.1. The Kier molecular flexibility index (Phi) is 3.79. The molecule has 2 atom stereocenters. The Labute approximate surface area is 93.0 Å². The highest BCUT2D eigenvalue weighted by molar-refractivity contribution is 5.79. The minimum absolute atomic E-state index is 0.461. The van der Waals surface area contributed by atoms with Gasteiger partial charge in [-0.1, -0.05) is 19.8 Å². The Balaban J connectivity index is 1.74. The summed E-state index contributed by atoms with van der Waals surface area (Å²) in [6.45, 7) is 5.66. The normalized spacial score (nSPS) is 34.3. The first kappa shape index (κ1) is 11.1. The number of piperidine rings is 1. The number of carbonyl (C=O) groups is 1. The largest absolute Gasteiger partial charge is 0.302 e. The van der Waals surface area contributed by atoms with Gasteiger partial charge in [-0.2, -0.15) is 0 Å². The van der Waals surface area contributed by atoms with Crippen molar-refractivity contribution in [2.24, 2.45) is 11.8 Å². The number of ketones is 1. The van der Waals surface area contributed by atoms with E-state index in [0.29, 0.717) is 5.78 Å². The fourth-order valence-corrected chi connectivity index (χ4v) is 3.08. The summed E-state index contributed by atoms with van der Waals surface area (Å²) in [6.07, 6.45) is 7.25. The van der Waals surface area contributed by atoms with E-state index in [0.717, 1.165) is 37.8 Å². The van der Waals surface area contributed by atoms with Gasteiger partial charge in [-0.15, -0.1) is 0 Å². The van der Waals surface area contributed by atoms with Crippen LogP contribution in [0.15, 0.2) is 0 Å². The van der Waals surface area contributed by atoms with Gasteiger partial charge in [0.2, 0.25) is 0 Å². The van der Waals surface area contributed by atoms with Crippen molar-refractivity contribution in [1.82, 2.24) is 4.90 Å². The van der Waals surface area contributed by atoms with Crippen molar-refractivity contribution >= 4 is 5.78 Å². The Hall–Kier alpha value is -0.370. The van der Waals surface area contributed by atoms with Crippen molar-refractivity contribution in [1.29, 1.82) is 0 Å². The molecular weight excluding hydrogens is 186 g/mol. The molecule has 15 heavy (non-hydrogen) atoms. The molecule has 86 valence electrons. The maximum absolute atomic E-state index is 11.1. The minimum atomic E-state index is 0.461. The highest BCUT2D eigenvalue weighted by Crippen LogP contribution is 2.29. The predicted octanol–water partition coefficient (Wildman–Crippen LogP) is 2.48. The highest BCUT2D eigenvalue weighted by atomic mass is 16.1. The zero-order chi connectivity index (χ0) is 10.7. The van der Waals surface area contributed by atoms with Crippen LogP contribution < -0.4 is 0 Å². The second-order valence-electron chi connectivity index (χ2n) is 5.48. The zero-order valence-electron chi connectivity index (χ0n) is 9.87. The number of nitrogens with zero attached hydrogens (tertiary/aromatic N) is 1. The molecule has 0 aromatic rings. The number of carbonyl (C=O) groups excluding carboxylic acids is 1. The SMILES string of the molecule is CC1CCCC(CN2CCC(=O)CC2)C1. The van der Waals surface area contributed by atoms with Crippen LogP contribution >= 0.6 is 0 Å². The number of hydrogen-bond acceptors (Lipinski definition) is 2. The van der Waals surface area contributed by atoms with E-state index in [-0.39, 0.29) is 0 Å². The van der Waals surface area contributed by atoms with E-state index in [1.165, 1.54) is 32.2 Å². The number of hydrogen-bond donors (Lipinski definition) is 0. The summed E-state index contributed by atoms with van der Waals surface area (Å²) >= 11 is 0. The molecule has 1 heterocycles. The quantitative estimate of drug-likeness (QED) is 0.696. The molecule has 0 aromatic heterocycles. The molecule has 2 heteroatoms. The van der Waals surface area contributed by atoms with E-state index in [1.807, 2.05) is 0 Å². The van der Waals surface area contributed by atoms with E-state index >= 15 is 0 Å². The van der Waals surface area contributed by atoms with Gasteiger partial charge in [-0.25, -0.2) is 0 Å². The van der Waals surface area contributed by atoms with Gasteiger partial charge in [-0.3, -0.25) is 4.79 Å². The van der Waals surface area contributed by atoms with Crippen molar-refractivity contribution in [2.45, 2.75) is 45.4 Å². The molecule has 0 radical (unpaired) electrons. The van der Waals surface area contributed by atoms with Crippen LogP contribution in [-0.4, -0.2) is 30.3 Å². The molecule has 2 fully saturated rings. The van der Waals surface area contributed by atoms with E-state index in [9.17, 15) is 4.79 Å². The van der Waals surface area contributed by atoms with Crippen molar-refractivity contribution < 1.29 is 4.79 Å². The van der Waals surface area contributed by atoms with E-state index in [4.69, 9.17) is 0 Å². The first-order chi connectivity index (χ1) is 7.24. The van der Waals surface area contributed by atoms with Crippen molar-refractivity contribution in [2.75, 3.05) is 19.6 Å². The van der Waals surface area contributed by atoms with Crippen LogP contribution in [0.1, 0.15) is 45.4 Å². The lowest BCUT2D eigenvalue weighted by molar-refractivity contribution is -0.121. The van der Waals surface area contributed by atoms with Crippen LogP contribution in [0.2, 0.25) is 0 Å². The molecule has 1 saturated carbocycles. The van der Waals surface area contributed by atoms with Crippen LogP contribution in [0.5, 0.6) is 0 Å². The molecule has 0 spiro atoms. The molecule has 2 nitrogen and oxygen atoms in total. The fraction of sp³-hybridized carbons (Fsp3) is 0.923. The summed E-state index contributed by atoms with van der Waals surface area (Å²) in [5, 5.41) is 0. The summed E-state index contributed by atoms with van der Waals surface area (Å²) < 4.78 is 0. The summed E-state index contributed by atoms with van der Waals surface area (Å²) in [7, 11) is 0. The summed E-state index contributed by atoms with van der Waals surface area (Å²) in [5.74, 6) is 2.29. The van der Waals surface area contributed by atoms with E-state index in [1.54, 1.807) is 0 Å². The van der Waals surface area contributed by atoms with Gasteiger partial charge in [0.25, 0.3) is 0 Å². The maximum Gasteiger partial charge on any atom is 0.135 e. The molecule has 2 unspecified atom stereocenters. The predicted molar refractivity (Wildman–Crippen MR) is 61.8 cm³/mol. The smallest absolute Gasteiger partial charge is 0.135 e. The molecule has 2 aliphatic rings. The number of likely N-dealkylation sites (tertiary alicyclic amines) is 1. The van der Waals surface area contributed by atoms with Gasteiger partial charge in [0.1, 0.15) is 5.78 Å². The molecule has 0 bridgehead atoms. The number of rotatable bonds is 2. The summed E-state index contributed by atoms with van der Waals surface area (Å²) in [5.41, 5.74) is 0. The monoisotopic (exact) mass is 209 g/mol. The Bertz CT molecular complexity index is 217. The lowest BCUT2D eigenvalue weighted by atomic mass is 9.82. The lowest BCUT2D eigenvalue weighted by Crippen LogP contribution is -2.38. The van der Waals surface area contributed by atoms with Crippen molar-refractivity contribution in [3.05, 3.63) is 0 Å². The highest BCUT2D eigenvalue weighted by Gasteiger charge is 2.23. The van der Waals surface area contributed by atoms with Crippen LogP contribution in [-0.2, 0) is 4.79 Å². The standard InChI is InChI=1S/C13H23NO/c1-11-3-2-4-12(9-11)10-14-7-5-13(15)6-8-14/h11-12H,2-10H2,1H3. The Morgan fingerprint density at radius 3 is 2.67 bits per heavy atom. The topological polar surface area (TPSA) is 20.3 Å². The minimum Gasteiger partial charge on any atom is -0.302 e. The second kappa shape index (κ2) is 5.11. The van der Waals surface area contributed by atoms with E-state index in [2.05, 4.69) is 11.8 Å². The van der Waals surface area contributed by atoms with Gasteiger partial charge in [0.15, 0.2) is 0 Å².